The van der Waals surface area contributed by atoms with E-state index in [-0.39, 0.29) is 11.5 Å². The summed E-state index contributed by atoms with van der Waals surface area (Å²) in [5.41, 5.74) is 3.91. The molecule has 1 N–H and O–H groups in total. The number of H-pyrrole nitrogens is 1. The van der Waals surface area contributed by atoms with Crippen LogP contribution in [-0.2, 0) is 0 Å². The second-order valence-corrected chi connectivity index (χ2v) is 7.98. The third-order valence-electron chi connectivity index (χ3n) is 6.30. The molecule has 0 radical (unpaired) electrons. The number of hydrogen-bond acceptors (Lipinski definition) is 5. The van der Waals surface area contributed by atoms with E-state index in [1.807, 2.05) is 18.7 Å². The Morgan fingerprint density at radius 1 is 1.09 bits per heavy atom. The van der Waals surface area contributed by atoms with Crippen molar-refractivity contribution in [1.82, 2.24) is 24.6 Å². The molecule has 1 aliphatic rings. The number of benzene rings is 1. The molecule has 8 nitrogen and oxygen atoms in total. The fourth-order valence-corrected chi connectivity index (χ4v) is 4.06. The maximum absolute atomic E-state index is 13.1. The average Bonchev–Trinajstić information content (AvgIpc) is 3.21. The van der Waals surface area contributed by atoms with E-state index in [2.05, 4.69) is 28.0 Å². The highest BCUT2D eigenvalue weighted by Crippen LogP contribution is 2.25. The summed E-state index contributed by atoms with van der Waals surface area (Å²) in [4.78, 5) is 34.4. The molecule has 1 saturated heterocycles. The Morgan fingerprint density at radius 2 is 1.84 bits per heavy atom. The number of carbonyl (C=O) groups is 1. The molecule has 1 fully saturated rings. The lowest BCUT2D eigenvalue weighted by Crippen LogP contribution is -2.48. The van der Waals surface area contributed by atoms with Crippen LogP contribution >= 0.6 is 0 Å². The van der Waals surface area contributed by atoms with Gasteiger partial charge < -0.3 is 9.80 Å². The summed E-state index contributed by atoms with van der Waals surface area (Å²) in [6.45, 7) is 10.1. The number of likely N-dealkylation sites (N-methyl/N-ethyl adjacent to an activating group) is 1. The van der Waals surface area contributed by atoms with Gasteiger partial charge in [-0.05, 0) is 55.3 Å². The number of rotatable bonds is 4. The fraction of sp³-hybridized carbons (Fsp3) is 0.333. The summed E-state index contributed by atoms with van der Waals surface area (Å²) in [6, 6.07) is 9.08. The van der Waals surface area contributed by atoms with Crippen molar-refractivity contribution in [2.24, 2.45) is 0 Å². The van der Waals surface area contributed by atoms with Gasteiger partial charge in [-0.25, -0.2) is 9.67 Å². The highest BCUT2D eigenvalue weighted by Gasteiger charge is 2.22. The van der Waals surface area contributed by atoms with Crippen LogP contribution in [0.5, 0.6) is 0 Å². The SMILES string of the molecule is CCN1CCN(C(=O)c2ccc(-n3[nH]cc(-c4ccc(C#N)c(C)c4C)c3=O)nc2)CC1. The number of nitrogens with zero attached hydrogens (tertiary/aromatic N) is 5. The monoisotopic (exact) mass is 430 g/mol. The Bertz CT molecular complexity index is 1240. The van der Waals surface area contributed by atoms with Crippen molar-refractivity contribution in [2.75, 3.05) is 32.7 Å². The quantitative estimate of drug-likeness (QED) is 0.686. The van der Waals surface area contributed by atoms with Gasteiger partial charge in [-0.15, -0.1) is 0 Å². The smallest absolute Gasteiger partial charge is 0.280 e. The van der Waals surface area contributed by atoms with Gasteiger partial charge in [-0.3, -0.25) is 14.7 Å². The lowest BCUT2D eigenvalue weighted by Gasteiger charge is -2.34. The van der Waals surface area contributed by atoms with Crippen LogP contribution in [0.2, 0.25) is 0 Å². The number of pyridine rings is 1. The van der Waals surface area contributed by atoms with Gasteiger partial charge >= 0.3 is 0 Å². The van der Waals surface area contributed by atoms with Crippen molar-refractivity contribution in [3.63, 3.8) is 0 Å². The summed E-state index contributed by atoms with van der Waals surface area (Å²) < 4.78 is 1.36. The fourth-order valence-electron chi connectivity index (χ4n) is 4.06. The summed E-state index contributed by atoms with van der Waals surface area (Å²) in [6.07, 6.45) is 3.16. The second-order valence-electron chi connectivity index (χ2n) is 7.98. The van der Waals surface area contributed by atoms with Crippen LogP contribution in [0.25, 0.3) is 16.9 Å². The third kappa shape index (κ3) is 3.83. The molecule has 1 aliphatic heterocycles. The van der Waals surface area contributed by atoms with Crippen molar-refractivity contribution >= 4 is 5.91 Å². The van der Waals surface area contributed by atoms with Crippen molar-refractivity contribution in [1.29, 1.82) is 5.26 Å². The molecule has 0 atom stereocenters. The van der Waals surface area contributed by atoms with Crippen LogP contribution in [0.15, 0.2) is 41.5 Å². The first-order chi connectivity index (χ1) is 15.4. The molecule has 0 aliphatic carbocycles. The molecule has 8 heteroatoms. The average molecular weight is 431 g/mol. The zero-order valence-corrected chi connectivity index (χ0v) is 18.6. The Kier molecular flexibility index (Phi) is 5.93. The predicted octanol–water partition coefficient (Wildman–Crippen LogP) is 2.49. The van der Waals surface area contributed by atoms with Gasteiger partial charge in [0.25, 0.3) is 11.5 Å². The van der Waals surface area contributed by atoms with Crippen LogP contribution in [0.4, 0.5) is 0 Å². The number of piperazine rings is 1. The van der Waals surface area contributed by atoms with E-state index < -0.39 is 0 Å². The zero-order chi connectivity index (χ0) is 22.8. The molecule has 1 amide bonds. The zero-order valence-electron chi connectivity index (χ0n) is 18.6. The normalized spacial score (nSPS) is 14.4. The summed E-state index contributed by atoms with van der Waals surface area (Å²) in [5.74, 6) is 0.375. The van der Waals surface area contributed by atoms with Crippen LogP contribution < -0.4 is 5.56 Å². The van der Waals surface area contributed by atoms with Crippen molar-refractivity contribution in [3.05, 3.63) is 69.3 Å². The van der Waals surface area contributed by atoms with E-state index in [0.717, 1.165) is 36.3 Å². The Hall–Kier alpha value is -3.70. The van der Waals surface area contributed by atoms with Gasteiger partial charge in [-0.1, -0.05) is 13.0 Å². The standard InChI is InChI=1S/C24H26N6O2/c1-4-28-9-11-29(12-10-28)23(31)19-6-8-22(26-14-19)30-24(32)21(15-27-30)20-7-5-18(13-25)16(2)17(20)3/h5-8,14-15,27H,4,9-12H2,1-3H3. The minimum atomic E-state index is -0.237. The Morgan fingerprint density at radius 3 is 2.47 bits per heavy atom. The third-order valence-corrected chi connectivity index (χ3v) is 6.30. The van der Waals surface area contributed by atoms with Gasteiger partial charge in [0.2, 0.25) is 0 Å². The predicted molar refractivity (Wildman–Crippen MR) is 122 cm³/mol. The number of aromatic amines is 1. The number of amides is 1. The first kappa shape index (κ1) is 21.5. The largest absolute Gasteiger partial charge is 0.336 e. The van der Waals surface area contributed by atoms with Gasteiger partial charge in [0.1, 0.15) is 0 Å². The Balaban J connectivity index is 1.57. The maximum atomic E-state index is 13.1. The van der Waals surface area contributed by atoms with E-state index >= 15 is 0 Å². The van der Waals surface area contributed by atoms with Gasteiger partial charge in [-0.2, -0.15) is 5.26 Å². The lowest BCUT2D eigenvalue weighted by molar-refractivity contribution is 0.0643. The first-order valence-corrected chi connectivity index (χ1v) is 10.7. The van der Waals surface area contributed by atoms with Crippen LogP contribution in [0, 0.1) is 25.2 Å². The number of carbonyl (C=O) groups excluding carboxylic acids is 1. The molecular formula is C24H26N6O2. The van der Waals surface area contributed by atoms with E-state index in [1.165, 1.54) is 10.9 Å². The number of nitriles is 1. The van der Waals surface area contributed by atoms with Crippen molar-refractivity contribution < 1.29 is 4.79 Å². The van der Waals surface area contributed by atoms with Gasteiger partial charge in [0.15, 0.2) is 5.82 Å². The van der Waals surface area contributed by atoms with Crippen LogP contribution in [0.1, 0.15) is 34.0 Å². The maximum Gasteiger partial charge on any atom is 0.280 e. The molecule has 2 aromatic heterocycles. The van der Waals surface area contributed by atoms with Crippen LogP contribution in [-0.4, -0.2) is 63.2 Å². The highest BCUT2D eigenvalue weighted by molar-refractivity contribution is 5.94. The molecule has 0 saturated carbocycles. The minimum absolute atomic E-state index is 0.0389. The molecule has 0 spiro atoms. The van der Waals surface area contributed by atoms with Crippen LogP contribution in [0.3, 0.4) is 0 Å². The van der Waals surface area contributed by atoms with E-state index in [0.29, 0.717) is 35.6 Å². The van der Waals surface area contributed by atoms with Crippen molar-refractivity contribution in [3.8, 4) is 23.0 Å². The molecule has 0 unspecified atom stereocenters. The van der Waals surface area contributed by atoms with E-state index in [4.69, 9.17) is 0 Å². The van der Waals surface area contributed by atoms with Gasteiger partial charge in [0.05, 0.1) is 22.8 Å². The topological polar surface area (TPSA) is 98.0 Å². The molecule has 3 aromatic rings. The number of aromatic nitrogens is 3. The summed E-state index contributed by atoms with van der Waals surface area (Å²) in [5, 5.41) is 12.2. The second kappa shape index (κ2) is 8.81. The molecule has 32 heavy (non-hydrogen) atoms. The number of nitrogens with one attached hydrogen (secondary N) is 1. The van der Waals surface area contributed by atoms with Crippen molar-refractivity contribution in [2.45, 2.75) is 20.8 Å². The number of hydrogen-bond donors (Lipinski definition) is 1. The summed E-state index contributed by atoms with van der Waals surface area (Å²) >= 11 is 0. The van der Waals surface area contributed by atoms with Gasteiger partial charge in [0, 0.05) is 38.6 Å². The highest BCUT2D eigenvalue weighted by atomic mass is 16.2. The Labute approximate surface area is 186 Å². The minimum Gasteiger partial charge on any atom is -0.336 e. The molecule has 4 rings (SSSR count). The molecule has 1 aromatic carbocycles. The molecular weight excluding hydrogens is 404 g/mol. The molecule has 3 heterocycles. The lowest BCUT2D eigenvalue weighted by atomic mass is 9.95. The molecule has 0 bridgehead atoms. The van der Waals surface area contributed by atoms with E-state index in [9.17, 15) is 14.9 Å². The van der Waals surface area contributed by atoms with E-state index in [1.54, 1.807) is 30.5 Å². The first-order valence-electron chi connectivity index (χ1n) is 10.7. The molecule has 164 valence electrons. The summed E-state index contributed by atoms with van der Waals surface area (Å²) in [7, 11) is 0.